The second-order valence-corrected chi connectivity index (χ2v) is 4.78. The highest BCUT2D eigenvalue weighted by Crippen LogP contribution is 2.40. The van der Waals surface area contributed by atoms with E-state index in [0.717, 1.165) is 11.1 Å². The minimum absolute atomic E-state index is 0.0646. The van der Waals surface area contributed by atoms with E-state index in [1.807, 2.05) is 37.3 Å². The van der Waals surface area contributed by atoms with Crippen LogP contribution in [0, 0.1) is 0 Å². The molecule has 1 N–H and O–H groups in total. The Morgan fingerprint density at radius 2 is 2.00 bits per heavy atom. The Kier molecular flexibility index (Phi) is 2.87. The second-order valence-electron chi connectivity index (χ2n) is 4.78. The van der Waals surface area contributed by atoms with Crippen molar-refractivity contribution in [3.63, 3.8) is 0 Å². The maximum absolute atomic E-state index is 12.2. The predicted octanol–water partition coefficient (Wildman–Crippen LogP) is 2.29. The molecule has 3 rings (SSSR count). The molecule has 0 bridgehead atoms. The minimum atomic E-state index is -0.791. The Balaban J connectivity index is 1.80. The standard InChI is InChI=1S/C15H15NO3/c1-10(11-5-3-2-4-6-11)16-14(17)13(15(16)18)12-7-8-19-9-12/h2-10,13-14,17H,1H3. The second kappa shape index (κ2) is 4.55. The first-order valence-corrected chi connectivity index (χ1v) is 6.27. The molecule has 0 radical (unpaired) electrons. The molecule has 1 aromatic heterocycles. The summed E-state index contributed by atoms with van der Waals surface area (Å²) in [7, 11) is 0. The first kappa shape index (κ1) is 12.0. The van der Waals surface area contributed by atoms with Crippen LogP contribution in [0.1, 0.15) is 30.0 Å². The van der Waals surface area contributed by atoms with Gasteiger partial charge in [0.05, 0.1) is 18.6 Å². The number of nitrogens with zero attached hydrogens (tertiary/aromatic N) is 1. The number of β-lactam (4-membered cyclic amide) rings is 1. The number of carbonyl (C=O) groups is 1. The van der Waals surface area contributed by atoms with Crippen LogP contribution in [-0.2, 0) is 4.79 Å². The maximum Gasteiger partial charge on any atom is 0.237 e. The molecule has 1 fully saturated rings. The number of aliphatic hydroxyl groups excluding tert-OH is 1. The normalized spacial score (nSPS) is 24.1. The lowest BCUT2D eigenvalue weighted by Crippen LogP contribution is -2.59. The van der Waals surface area contributed by atoms with Crippen molar-refractivity contribution < 1.29 is 14.3 Å². The molecule has 4 nitrogen and oxygen atoms in total. The summed E-state index contributed by atoms with van der Waals surface area (Å²) in [6.45, 7) is 1.92. The summed E-state index contributed by atoms with van der Waals surface area (Å²) in [5.41, 5.74) is 1.74. The summed E-state index contributed by atoms with van der Waals surface area (Å²) >= 11 is 0. The monoisotopic (exact) mass is 257 g/mol. The van der Waals surface area contributed by atoms with Crippen LogP contribution in [0.5, 0.6) is 0 Å². The van der Waals surface area contributed by atoms with Crippen LogP contribution in [0.3, 0.4) is 0 Å². The Bertz CT molecular complexity index is 564. The van der Waals surface area contributed by atoms with Crippen LogP contribution in [0.4, 0.5) is 0 Å². The first-order valence-electron chi connectivity index (χ1n) is 6.27. The van der Waals surface area contributed by atoms with Gasteiger partial charge in [0.15, 0.2) is 0 Å². The molecule has 3 unspecified atom stereocenters. The van der Waals surface area contributed by atoms with E-state index in [-0.39, 0.29) is 11.9 Å². The van der Waals surface area contributed by atoms with Gasteiger partial charge in [-0.25, -0.2) is 0 Å². The van der Waals surface area contributed by atoms with E-state index in [1.54, 1.807) is 6.07 Å². The van der Waals surface area contributed by atoms with Crippen molar-refractivity contribution >= 4 is 5.91 Å². The molecule has 0 saturated carbocycles. The quantitative estimate of drug-likeness (QED) is 0.858. The SMILES string of the molecule is CC(c1ccccc1)N1C(=O)C(c2ccoc2)C1O. The number of carbonyl (C=O) groups excluding carboxylic acids is 1. The van der Waals surface area contributed by atoms with E-state index >= 15 is 0 Å². The fourth-order valence-electron chi connectivity index (χ4n) is 2.58. The highest BCUT2D eigenvalue weighted by Gasteiger charge is 2.49. The van der Waals surface area contributed by atoms with Crippen molar-refractivity contribution in [3.05, 3.63) is 60.1 Å². The number of hydrogen-bond donors (Lipinski definition) is 1. The maximum atomic E-state index is 12.2. The fraction of sp³-hybridized carbons (Fsp3) is 0.267. The lowest BCUT2D eigenvalue weighted by Gasteiger charge is -2.47. The number of hydrogen-bond acceptors (Lipinski definition) is 3. The summed E-state index contributed by atoms with van der Waals surface area (Å²) in [5.74, 6) is -0.560. The summed E-state index contributed by atoms with van der Waals surface area (Å²) in [6, 6.07) is 11.3. The molecule has 1 amide bonds. The molecule has 1 aliphatic heterocycles. The highest BCUT2D eigenvalue weighted by atomic mass is 16.3. The Hall–Kier alpha value is -2.07. The molecular weight excluding hydrogens is 242 g/mol. The molecule has 2 heterocycles. The zero-order valence-corrected chi connectivity index (χ0v) is 10.6. The Morgan fingerprint density at radius 1 is 1.26 bits per heavy atom. The van der Waals surface area contributed by atoms with Gasteiger partial charge >= 0.3 is 0 Å². The van der Waals surface area contributed by atoms with Gasteiger partial charge < -0.3 is 14.4 Å². The highest BCUT2D eigenvalue weighted by molar-refractivity contribution is 5.90. The average Bonchev–Trinajstić information content (AvgIpc) is 2.93. The largest absolute Gasteiger partial charge is 0.472 e. The molecule has 3 atom stereocenters. The Labute approximate surface area is 111 Å². The van der Waals surface area contributed by atoms with Gasteiger partial charge in [0.25, 0.3) is 0 Å². The summed E-state index contributed by atoms with van der Waals surface area (Å²) in [6.07, 6.45) is 2.23. The van der Waals surface area contributed by atoms with Crippen LogP contribution in [0.15, 0.2) is 53.3 Å². The lowest BCUT2D eigenvalue weighted by atomic mass is 9.87. The van der Waals surface area contributed by atoms with Gasteiger partial charge in [-0.05, 0) is 18.6 Å². The van der Waals surface area contributed by atoms with Crippen molar-refractivity contribution in [3.8, 4) is 0 Å². The van der Waals surface area contributed by atoms with Crippen LogP contribution in [0.2, 0.25) is 0 Å². The van der Waals surface area contributed by atoms with Gasteiger partial charge in [-0.1, -0.05) is 30.3 Å². The number of benzene rings is 1. The van der Waals surface area contributed by atoms with E-state index in [4.69, 9.17) is 4.42 Å². The number of likely N-dealkylation sites (tertiary alicyclic amines) is 1. The van der Waals surface area contributed by atoms with Crippen LogP contribution < -0.4 is 0 Å². The molecule has 1 saturated heterocycles. The zero-order chi connectivity index (χ0) is 13.4. The van der Waals surface area contributed by atoms with E-state index in [9.17, 15) is 9.90 Å². The lowest BCUT2D eigenvalue weighted by molar-refractivity contribution is -0.177. The number of furan rings is 1. The molecule has 4 heteroatoms. The minimum Gasteiger partial charge on any atom is -0.472 e. The molecule has 19 heavy (non-hydrogen) atoms. The molecule has 98 valence electrons. The topological polar surface area (TPSA) is 53.7 Å². The number of amides is 1. The van der Waals surface area contributed by atoms with Gasteiger partial charge in [0.2, 0.25) is 5.91 Å². The van der Waals surface area contributed by atoms with Gasteiger partial charge in [-0.2, -0.15) is 0 Å². The predicted molar refractivity (Wildman–Crippen MR) is 69.2 cm³/mol. The summed E-state index contributed by atoms with van der Waals surface area (Å²) < 4.78 is 4.97. The van der Waals surface area contributed by atoms with Gasteiger partial charge in [-0.15, -0.1) is 0 Å². The van der Waals surface area contributed by atoms with Crippen LogP contribution in [0.25, 0.3) is 0 Å². The summed E-state index contributed by atoms with van der Waals surface area (Å²) in [4.78, 5) is 13.7. The third kappa shape index (κ3) is 1.85. The first-order chi connectivity index (χ1) is 9.20. The van der Waals surface area contributed by atoms with Crippen molar-refractivity contribution in [2.45, 2.75) is 25.1 Å². The van der Waals surface area contributed by atoms with Crippen molar-refractivity contribution in [1.82, 2.24) is 4.90 Å². The van der Waals surface area contributed by atoms with E-state index < -0.39 is 12.1 Å². The van der Waals surface area contributed by atoms with Gasteiger partial charge in [0, 0.05) is 5.56 Å². The average molecular weight is 257 g/mol. The smallest absolute Gasteiger partial charge is 0.237 e. The third-order valence-corrected chi connectivity index (χ3v) is 3.71. The molecule has 2 aromatic rings. The number of aliphatic hydroxyl groups is 1. The Morgan fingerprint density at radius 3 is 2.58 bits per heavy atom. The molecule has 0 spiro atoms. The molecule has 1 aliphatic rings. The third-order valence-electron chi connectivity index (χ3n) is 3.71. The van der Waals surface area contributed by atoms with Crippen molar-refractivity contribution in [2.24, 2.45) is 0 Å². The van der Waals surface area contributed by atoms with Gasteiger partial charge in [-0.3, -0.25) is 4.79 Å². The molecular formula is C15H15NO3. The van der Waals surface area contributed by atoms with Crippen molar-refractivity contribution in [2.75, 3.05) is 0 Å². The van der Waals surface area contributed by atoms with E-state index in [2.05, 4.69) is 0 Å². The number of rotatable bonds is 3. The van der Waals surface area contributed by atoms with Gasteiger partial charge in [0.1, 0.15) is 12.1 Å². The van der Waals surface area contributed by atoms with Crippen LogP contribution in [-0.4, -0.2) is 22.1 Å². The summed E-state index contributed by atoms with van der Waals surface area (Å²) in [5, 5.41) is 10.2. The zero-order valence-electron chi connectivity index (χ0n) is 10.6. The van der Waals surface area contributed by atoms with Crippen molar-refractivity contribution in [1.29, 1.82) is 0 Å². The molecule has 1 aromatic carbocycles. The fourth-order valence-corrected chi connectivity index (χ4v) is 2.58. The van der Waals surface area contributed by atoms with Crippen LogP contribution >= 0.6 is 0 Å². The van der Waals surface area contributed by atoms with E-state index in [0.29, 0.717) is 0 Å². The van der Waals surface area contributed by atoms with E-state index in [1.165, 1.54) is 17.4 Å². The molecule has 0 aliphatic carbocycles.